The van der Waals surface area contributed by atoms with Crippen molar-refractivity contribution in [3.63, 3.8) is 0 Å². The molecule has 1 aromatic carbocycles. The smallest absolute Gasteiger partial charge is 0.262 e. The largest absolute Gasteiger partial charge is 0.322 e. The van der Waals surface area contributed by atoms with Crippen LogP contribution < -0.4 is 5.32 Å². The van der Waals surface area contributed by atoms with Gasteiger partial charge in [0, 0.05) is 11.6 Å². The maximum atomic E-state index is 14.7. The second kappa shape index (κ2) is 7.16. The summed E-state index contributed by atoms with van der Waals surface area (Å²) in [4.78, 5) is 12.1. The molecule has 2 nitrogen and oxygen atoms in total. The first-order valence-electron chi connectivity index (χ1n) is 6.91. The number of nitrogens with one attached hydrogen (secondary N) is 1. The Labute approximate surface area is 127 Å². The molecule has 1 rings (SSSR count). The second-order valence-electron chi connectivity index (χ2n) is 5.08. The van der Waals surface area contributed by atoms with Crippen molar-refractivity contribution in [3.8, 4) is 0 Å². The summed E-state index contributed by atoms with van der Waals surface area (Å²) in [6.45, 7) is 4.83. The second-order valence-corrected chi connectivity index (χ2v) is 5.46. The molecule has 0 bridgehead atoms. The molecule has 0 aliphatic rings. The highest BCUT2D eigenvalue weighted by Crippen LogP contribution is 2.32. The van der Waals surface area contributed by atoms with Gasteiger partial charge in [0.15, 0.2) is 17.3 Å². The number of alkyl halides is 1. The van der Waals surface area contributed by atoms with E-state index in [0.29, 0.717) is 12.8 Å². The number of hydrogen-bond acceptors (Lipinski definition) is 1. The molecule has 0 radical (unpaired) electrons. The van der Waals surface area contributed by atoms with Gasteiger partial charge in [0.05, 0.1) is 10.7 Å². The van der Waals surface area contributed by atoms with Crippen molar-refractivity contribution in [2.45, 2.75) is 52.1 Å². The number of carbonyl (C=O) groups excluding carboxylic acids is 1. The Kier molecular flexibility index (Phi) is 6.08. The van der Waals surface area contributed by atoms with Crippen molar-refractivity contribution in [2.75, 3.05) is 5.32 Å². The zero-order valence-electron chi connectivity index (χ0n) is 12.3. The van der Waals surface area contributed by atoms with Gasteiger partial charge in [-0.25, -0.2) is 13.2 Å². The normalized spacial score (nSPS) is 11.6. The molecule has 0 fully saturated rings. The van der Waals surface area contributed by atoms with Gasteiger partial charge in [-0.2, -0.15) is 0 Å². The van der Waals surface area contributed by atoms with Gasteiger partial charge >= 0.3 is 0 Å². The van der Waals surface area contributed by atoms with Crippen LogP contribution in [0.25, 0.3) is 0 Å². The Morgan fingerprint density at radius 2 is 1.81 bits per heavy atom. The van der Waals surface area contributed by atoms with E-state index in [1.807, 2.05) is 0 Å². The van der Waals surface area contributed by atoms with Crippen molar-refractivity contribution in [1.29, 1.82) is 0 Å². The fraction of sp³-hybridized carbons (Fsp3) is 0.533. The van der Waals surface area contributed by atoms with E-state index in [1.165, 1.54) is 6.92 Å². The predicted octanol–water partition coefficient (Wildman–Crippen LogP) is 5.17. The Morgan fingerprint density at radius 3 is 2.29 bits per heavy atom. The molecule has 0 saturated carbocycles. The van der Waals surface area contributed by atoms with Crippen LogP contribution in [0.2, 0.25) is 5.02 Å². The standard InChI is InChI=1S/C15H19ClF3NO/c1-4-6-15(19,7-5-2)14(21)20-11-8-10(17)13(18)9(3)12(11)16/h8H,4-7H2,1-3H3,(H,20,21). The highest BCUT2D eigenvalue weighted by Gasteiger charge is 2.37. The fourth-order valence-electron chi connectivity index (χ4n) is 2.20. The molecule has 0 saturated heterocycles. The third-order valence-electron chi connectivity index (χ3n) is 3.32. The van der Waals surface area contributed by atoms with Gasteiger partial charge in [-0.15, -0.1) is 0 Å². The lowest BCUT2D eigenvalue weighted by Gasteiger charge is -2.24. The Balaban J connectivity index is 3.07. The number of carbonyl (C=O) groups is 1. The van der Waals surface area contributed by atoms with Crippen LogP contribution in [0.5, 0.6) is 0 Å². The molecule has 0 atom stereocenters. The number of halogens is 4. The third-order valence-corrected chi connectivity index (χ3v) is 3.81. The Morgan fingerprint density at radius 1 is 1.29 bits per heavy atom. The van der Waals surface area contributed by atoms with Crippen molar-refractivity contribution in [3.05, 3.63) is 28.3 Å². The van der Waals surface area contributed by atoms with Gasteiger partial charge < -0.3 is 5.32 Å². The van der Waals surface area contributed by atoms with Crippen LogP contribution in [0.3, 0.4) is 0 Å². The fourth-order valence-corrected chi connectivity index (χ4v) is 2.39. The average molecular weight is 322 g/mol. The number of anilines is 1. The zero-order chi connectivity index (χ0) is 16.2. The summed E-state index contributed by atoms with van der Waals surface area (Å²) in [5.41, 5.74) is -2.28. The summed E-state index contributed by atoms with van der Waals surface area (Å²) in [6, 6.07) is 0.765. The van der Waals surface area contributed by atoms with E-state index in [4.69, 9.17) is 11.6 Å². The van der Waals surface area contributed by atoms with Crippen LogP contribution >= 0.6 is 11.6 Å². The summed E-state index contributed by atoms with van der Waals surface area (Å²) in [5.74, 6) is -3.09. The van der Waals surface area contributed by atoms with E-state index in [2.05, 4.69) is 5.32 Å². The minimum atomic E-state index is -2.04. The number of hydrogen-bond donors (Lipinski definition) is 1. The minimum Gasteiger partial charge on any atom is -0.322 e. The highest BCUT2D eigenvalue weighted by molar-refractivity contribution is 6.34. The van der Waals surface area contributed by atoms with Crippen LogP contribution in [0.15, 0.2) is 6.07 Å². The summed E-state index contributed by atoms with van der Waals surface area (Å²) in [5, 5.41) is 2.15. The van der Waals surface area contributed by atoms with E-state index < -0.39 is 23.2 Å². The lowest BCUT2D eigenvalue weighted by molar-refractivity contribution is -0.128. The maximum absolute atomic E-state index is 14.7. The van der Waals surface area contributed by atoms with E-state index in [9.17, 15) is 18.0 Å². The van der Waals surface area contributed by atoms with Crippen molar-refractivity contribution in [2.24, 2.45) is 0 Å². The summed E-state index contributed by atoms with van der Waals surface area (Å²) >= 11 is 5.87. The molecule has 0 heterocycles. The molecule has 0 unspecified atom stereocenters. The lowest BCUT2D eigenvalue weighted by Crippen LogP contribution is -2.38. The van der Waals surface area contributed by atoms with Gasteiger partial charge in [0.1, 0.15) is 0 Å². The van der Waals surface area contributed by atoms with E-state index >= 15 is 0 Å². The third kappa shape index (κ3) is 3.90. The molecule has 118 valence electrons. The zero-order valence-corrected chi connectivity index (χ0v) is 13.1. The van der Waals surface area contributed by atoms with Crippen LogP contribution in [-0.4, -0.2) is 11.6 Å². The SMILES string of the molecule is CCCC(F)(CCC)C(=O)Nc1cc(F)c(F)c(C)c1Cl. The molecule has 1 aromatic rings. The van der Waals surface area contributed by atoms with Crippen molar-refractivity contribution in [1.82, 2.24) is 0 Å². The van der Waals surface area contributed by atoms with Crippen LogP contribution in [0.1, 0.15) is 45.1 Å². The Hall–Kier alpha value is -1.23. The van der Waals surface area contributed by atoms with Gasteiger partial charge in [0.2, 0.25) is 0 Å². The molecule has 6 heteroatoms. The monoisotopic (exact) mass is 321 g/mol. The van der Waals surface area contributed by atoms with Crippen LogP contribution in [-0.2, 0) is 4.79 Å². The number of rotatable bonds is 6. The van der Waals surface area contributed by atoms with Crippen LogP contribution in [0.4, 0.5) is 18.9 Å². The molecular formula is C15H19ClF3NO. The topological polar surface area (TPSA) is 29.1 Å². The molecule has 0 aliphatic carbocycles. The van der Waals surface area contributed by atoms with Gasteiger partial charge in [-0.05, 0) is 19.8 Å². The minimum absolute atomic E-state index is 0.0625. The van der Waals surface area contributed by atoms with E-state index in [0.717, 1.165) is 6.07 Å². The molecule has 1 N–H and O–H groups in total. The van der Waals surface area contributed by atoms with E-state index in [1.54, 1.807) is 13.8 Å². The predicted molar refractivity (Wildman–Crippen MR) is 78.4 cm³/mol. The molecule has 0 spiro atoms. The molecule has 1 amide bonds. The first kappa shape index (κ1) is 17.8. The first-order chi connectivity index (χ1) is 9.76. The van der Waals surface area contributed by atoms with Gasteiger partial charge in [-0.1, -0.05) is 38.3 Å². The quantitative estimate of drug-likeness (QED) is 0.719. The lowest BCUT2D eigenvalue weighted by atomic mass is 9.93. The van der Waals surface area contributed by atoms with Gasteiger partial charge in [0.25, 0.3) is 5.91 Å². The molecule has 0 aromatic heterocycles. The summed E-state index contributed by atoms with van der Waals surface area (Å²) in [7, 11) is 0. The highest BCUT2D eigenvalue weighted by atomic mass is 35.5. The summed E-state index contributed by atoms with van der Waals surface area (Å²) < 4.78 is 41.4. The summed E-state index contributed by atoms with van der Waals surface area (Å²) in [6.07, 6.45) is 1.11. The maximum Gasteiger partial charge on any atom is 0.262 e. The molecular weight excluding hydrogens is 303 g/mol. The van der Waals surface area contributed by atoms with Crippen molar-refractivity contribution < 1.29 is 18.0 Å². The average Bonchev–Trinajstić information content (AvgIpc) is 2.42. The molecule has 0 aliphatic heterocycles. The van der Waals surface area contributed by atoms with Crippen LogP contribution in [0, 0.1) is 18.6 Å². The Bertz CT molecular complexity index is 528. The number of benzene rings is 1. The number of amides is 1. The first-order valence-corrected chi connectivity index (χ1v) is 7.29. The van der Waals surface area contributed by atoms with E-state index in [-0.39, 0.29) is 29.1 Å². The van der Waals surface area contributed by atoms with Gasteiger partial charge in [-0.3, -0.25) is 4.79 Å². The van der Waals surface area contributed by atoms with Crippen molar-refractivity contribution >= 4 is 23.2 Å². The molecule has 21 heavy (non-hydrogen) atoms.